The fourth-order valence-corrected chi connectivity index (χ4v) is 1.06. The van der Waals surface area contributed by atoms with E-state index in [1.165, 1.54) is 26.2 Å². The van der Waals surface area contributed by atoms with Crippen molar-refractivity contribution < 1.29 is 14.6 Å². The standard InChI is InChI=1S/C9H14N2O3/c1-5(12)14-9-4-8(13-2)6(10)3-7(9)11/h3-5,12H,10-11H2,1-2H3. The molecule has 5 nitrogen and oxygen atoms in total. The van der Waals surface area contributed by atoms with Crippen LogP contribution in [0.2, 0.25) is 0 Å². The number of hydrogen-bond donors (Lipinski definition) is 3. The molecule has 0 amide bonds. The van der Waals surface area contributed by atoms with Gasteiger partial charge in [0.25, 0.3) is 0 Å². The zero-order valence-electron chi connectivity index (χ0n) is 8.15. The quantitative estimate of drug-likeness (QED) is 0.488. The Balaban J connectivity index is 3.04. The van der Waals surface area contributed by atoms with Gasteiger partial charge >= 0.3 is 0 Å². The van der Waals surface area contributed by atoms with E-state index in [9.17, 15) is 0 Å². The van der Waals surface area contributed by atoms with Crippen LogP contribution < -0.4 is 20.9 Å². The van der Waals surface area contributed by atoms with Crippen molar-refractivity contribution in [2.45, 2.75) is 13.2 Å². The highest BCUT2D eigenvalue weighted by Gasteiger charge is 2.08. The average Bonchev–Trinajstić information content (AvgIpc) is 2.09. The Hall–Kier alpha value is -1.62. The lowest BCUT2D eigenvalue weighted by molar-refractivity contribution is 0.000172. The normalized spacial score (nSPS) is 12.2. The van der Waals surface area contributed by atoms with Crippen molar-refractivity contribution >= 4 is 11.4 Å². The summed E-state index contributed by atoms with van der Waals surface area (Å²) >= 11 is 0. The molecule has 1 rings (SSSR count). The minimum absolute atomic E-state index is 0.353. The van der Waals surface area contributed by atoms with E-state index in [0.717, 1.165) is 0 Å². The van der Waals surface area contributed by atoms with Crippen LogP contribution in [-0.4, -0.2) is 18.5 Å². The molecule has 0 saturated heterocycles. The molecule has 0 aliphatic heterocycles. The molecular weight excluding hydrogens is 184 g/mol. The summed E-state index contributed by atoms with van der Waals surface area (Å²) in [6, 6.07) is 3.06. The maximum Gasteiger partial charge on any atom is 0.194 e. The summed E-state index contributed by atoms with van der Waals surface area (Å²) in [7, 11) is 1.49. The second-order valence-corrected chi connectivity index (χ2v) is 2.85. The van der Waals surface area contributed by atoms with Gasteiger partial charge in [0.15, 0.2) is 6.29 Å². The number of aliphatic hydroxyl groups is 1. The van der Waals surface area contributed by atoms with Crippen LogP contribution in [0.15, 0.2) is 12.1 Å². The van der Waals surface area contributed by atoms with E-state index < -0.39 is 6.29 Å². The summed E-state index contributed by atoms with van der Waals surface area (Å²) in [5, 5.41) is 9.01. The van der Waals surface area contributed by atoms with E-state index in [0.29, 0.717) is 22.9 Å². The molecule has 14 heavy (non-hydrogen) atoms. The summed E-state index contributed by atoms with van der Waals surface area (Å²) in [4.78, 5) is 0. The highest BCUT2D eigenvalue weighted by molar-refractivity contribution is 5.67. The van der Waals surface area contributed by atoms with Gasteiger partial charge in [-0.25, -0.2) is 0 Å². The van der Waals surface area contributed by atoms with Gasteiger partial charge in [-0.1, -0.05) is 0 Å². The van der Waals surface area contributed by atoms with Gasteiger partial charge in [0.05, 0.1) is 18.5 Å². The number of nitrogens with two attached hydrogens (primary N) is 2. The summed E-state index contributed by atoms with van der Waals surface area (Å²) in [6.45, 7) is 1.49. The maximum atomic E-state index is 9.01. The number of ether oxygens (including phenoxy) is 2. The third-order valence-corrected chi connectivity index (χ3v) is 1.66. The van der Waals surface area contributed by atoms with Crippen LogP contribution in [0.1, 0.15) is 6.92 Å². The Morgan fingerprint density at radius 3 is 2.29 bits per heavy atom. The van der Waals surface area contributed by atoms with Gasteiger partial charge < -0.3 is 26.0 Å². The van der Waals surface area contributed by atoms with Crippen LogP contribution >= 0.6 is 0 Å². The van der Waals surface area contributed by atoms with Crippen LogP contribution in [-0.2, 0) is 0 Å². The van der Waals surface area contributed by atoms with Crippen LogP contribution in [0.5, 0.6) is 11.5 Å². The first-order valence-corrected chi connectivity index (χ1v) is 4.12. The van der Waals surface area contributed by atoms with E-state index >= 15 is 0 Å². The molecule has 0 fully saturated rings. The minimum atomic E-state index is -0.925. The third kappa shape index (κ3) is 2.20. The van der Waals surface area contributed by atoms with E-state index in [1.807, 2.05) is 0 Å². The second-order valence-electron chi connectivity index (χ2n) is 2.85. The molecule has 1 atom stereocenters. The largest absolute Gasteiger partial charge is 0.494 e. The lowest BCUT2D eigenvalue weighted by Crippen LogP contribution is -2.11. The molecule has 5 heteroatoms. The Bertz CT molecular complexity index is 326. The summed E-state index contributed by atoms with van der Waals surface area (Å²) in [5.41, 5.74) is 12.0. The van der Waals surface area contributed by atoms with Crippen LogP contribution in [0.25, 0.3) is 0 Å². The molecule has 1 unspecified atom stereocenters. The molecule has 0 bridgehead atoms. The SMILES string of the molecule is COc1cc(OC(C)O)c(N)cc1N. The Morgan fingerprint density at radius 2 is 1.79 bits per heavy atom. The van der Waals surface area contributed by atoms with Crippen molar-refractivity contribution in [1.82, 2.24) is 0 Å². The molecule has 0 saturated carbocycles. The second kappa shape index (κ2) is 4.06. The van der Waals surface area contributed by atoms with E-state index in [2.05, 4.69) is 0 Å². The molecule has 78 valence electrons. The number of aliphatic hydroxyl groups excluding tert-OH is 1. The zero-order valence-corrected chi connectivity index (χ0v) is 8.15. The molecule has 0 radical (unpaired) electrons. The van der Waals surface area contributed by atoms with Gasteiger partial charge in [0.1, 0.15) is 11.5 Å². The summed E-state index contributed by atoms with van der Waals surface area (Å²) in [5.74, 6) is 0.820. The van der Waals surface area contributed by atoms with Crippen LogP contribution in [0.3, 0.4) is 0 Å². The molecule has 0 aromatic heterocycles. The van der Waals surface area contributed by atoms with Crippen molar-refractivity contribution in [3.63, 3.8) is 0 Å². The van der Waals surface area contributed by atoms with Gasteiger partial charge in [-0.15, -0.1) is 0 Å². The molecule has 1 aromatic rings. The first-order chi connectivity index (χ1) is 6.54. The van der Waals surface area contributed by atoms with E-state index in [4.69, 9.17) is 26.0 Å². The highest BCUT2D eigenvalue weighted by Crippen LogP contribution is 2.32. The van der Waals surface area contributed by atoms with Crippen molar-refractivity contribution in [3.05, 3.63) is 12.1 Å². The lowest BCUT2D eigenvalue weighted by atomic mass is 10.2. The molecular formula is C9H14N2O3. The topological polar surface area (TPSA) is 90.7 Å². The fraction of sp³-hybridized carbons (Fsp3) is 0.333. The zero-order chi connectivity index (χ0) is 10.7. The van der Waals surface area contributed by atoms with Gasteiger partial charge in [0, 0.05) is 6.07 Å². The number of anilines is 2. The molecule has 0 spiro atoms. The average molecular weight is 198 g/mol. The van der Waals surface area contributed by atoms with E-state index in [-0.39, 0.29) is 0 Å². The van der Waals surface area contributed by atoms with Gasteiger partial charge in [-0.2, -0.15) is 0 Å². The molecule has 0 aliphatic carbocycles. The van der Waals surface area contributed by atoms with E-state index in [1.54, 1.807) is 0 Å². The lowest BCUT2D eigenvalue weighted by Gasteiger charge is -2.13. The number of rotatable bonds is 3. The third-order valence-electron chi connectivity index (χ3n) is 1.66. The Morgan fingerprint density at radius 1 is 1.21 bits per heavy atom. The monoisotopic (exact) mass is 198 g/mol. The Labute approximate surface area is 82.2 Å². The first kappa shape index (κ1) is 10.5. The Kier molecular flexibility index (Phi) is 3.03. The van der Waals surface area contributed by atoms with Crippen molar-refractivity contribution in [3.8, 4) is 11.5 Å². The molecule has 0 heterocycles. The van der Waals surface area contributed by atoms with Crippen molar-refractivity contribution in [2.75, 3.05) is 18.6 Å². The van der Waals surface area contributed by atoms with Crippen LogP contribution in [0.4, 0.5) is 11.4 Å². The predicted molar refractivity (Wildman–Crippen MR) is 54.1 cm³/mol. The highest BCUT2D eigenvalue weighted by atomic mass is 16.6. The molecule has 0 aliphatic rings. The van der Waals surface area contributed by atoms with Crippen molar-refractivity contribution in [1.29, 1.82) is 0 Å². The number of nitrogen functional groups attached to an aromatic ring is 2. The van der Waals surface area contributed by atoms with Crippen LogP contribution in [0, 0.1) is 0 Å². The number of methoxy groups -OCH3 is 1. The van der Waals surface area contributed by atoms with Gasteiger partial charge in [-0.05, 0) is 13.0 Å². The predicted octanol–water partition coefficient (Wildman–Crippen LogP) is 0.577. The number of hydrogen-bond acceptors (Lipinski definition) is 5. The smallest absolute Gasteiger partial charge is 0.194 e. The fourth-order valence-electron chi connectivity index (χ4n) is 1.06. The summed E-state index contributed by atoms with van der Waals surface area (Å²) < 4.78 is 10.0. The molecule has 5 N–H and O–H groups in total. The molecule has 1 aromatic carbocycles. The number of benzene rings is 1. The summed E-state index contributed by atoms with van der Waals surface area (Å²) in [6.07, 6.45) is -0.925. The maximum absolute atomic E-state index is 9.01. The first-order valence-electron chi connectivity index (χ1n) is 4.12. The minimum Gasteiger partial charge on any atom is -0.494 e. The van der Waals surface area contributed by atoms with Gasteiger partial charge in [-0.3, -0.25) is 0 Å². The van der Waals surface area contributed by atoms with Gasteiger partial charge in [0.2, 0.25) is 0 Å². The van der Waals surface area contributed by atoms with Crippen molar-refractivity contribution in [2.24, 2.45) is 0 Å².